The second-order valence-electron chi connectivity index (χ2n) is 3.67. The van der Waals surface area contributed by atoms with E-state index < -0.39 is 18.2 Å². The maximum Gasteiger partial charge on any atom is 0.430 e. The third-order valence-electron chi connectivity index (χ3n) is 1.90. The van der Waals surface area contributed by atoms with Crippen molar-refractivity contribution < 1.29 is 36.9 Å². The van der Waals surface area contributed by atoms with Crippen LogP contribution in [0.4, 0.5) is 22.0 Å². The summed E-state index contributed by atoms with van der Waals surface area (Å²) in [6, 6.07) is -2.90. The van der Waals surface area contributed by atoms with E-state index in [0.717, 1.165) is 6.92 Å². The average molecular weight is 301 g/mol. The van der Waals surface area contributed by atoms with Crippen LogP contribution in [0.2, 0.25) is 0 Å². The number of carbonyl (C=O) groups excluding carboxylic acids is 1. The van der Waals surface area contributed by atoms with E-state index in [4.69, 9.17) is 9.90 Å². The second-order valence-corrected chi connectivity index (χ2v) is 3.67. The van der Waals surface area contributed by atoms with Crippen molar-refractivity contribution in [3.8, 4) is 0 Å². The molecule has 0 amide bonds. The number of rotatable bonds is 3. The van der Waals surface area contributed by atoms with Gasteiger partial charge in [0.05, 0.1) is 6.92 Å². The number of carboxylic acid groups (broad SMARTS) is 1. The lowest BCUT2D eigenvalue weighted by Gasteiger charge is -2.15. The molecular formula is C10H12F5N3O2. The summed E-state index contributed by atoms with van der Waals surface area (Å²) in [5.74, 6) is -3.01. The van der Waals surface area contributed by atoms with Gasteiger partial charge < -0.3 is 9.90 Å². The van der Waals surface area contributed by atoms with Crippen molar-refractivity contribution in [2.75, 3.05) is 0 Å². The van der Waals surface area contributed by atoms with Crippen LogP contribution in [0, 0.1) is 0 Å². The number of alkyl halides is 5. The van der Waals surface area contributed by atoms with Crippen LogP contribution in [0.5, 0.6) is 0 Å². The normalized spacial score (nSPS) is 18.8. The number of carbonyl (C=O) groups is 1. The largest absolute Gasteiger partial charge is 0.542 e. The molecule has 0 fully saturated rings. The summed E-state index contributed by atoms with van der Waals surface area (Å²) in [5.41, 5.74) is 0.491. The van der Waals surface area contributed by atoms with Crippen LogP contribution in [0.25, 0.3) is 0 Å². The highest BCUT2D eigenvalue weighted by molar-refractivity contribution is 5.70. The molecule has 1 N–H and O–H groups in total. The van der Waals surface area contributed by atoms with Crippen molar-refractivity contribution in [1.29, 1.82) is 0 Å². The lowest BCUT2D eigenvalue weighted by atomic mass is 10.3. The topological polar surface area (TPSA) is 69.3 Å². The van der Waals surface area contributed by atoms with E-state index in [9.17, 15) is 22.0 Å². The molecule has 0 bridgehead atoms. The van der Waals surface area contributed by atoms with Crippen molar-refractivity contribution >= 4 is 5.97 Å². The number of hydrogen-bond donors (Lipinski definition) is 1. The smallest absolute Gasteiger partial charge is 0.430 e. The minimum Gasteiger partial charge on any atom is -0.542 e. The number of quaternary nitrogens is 1. The summed E-state index contributed by atoms with van der Waals surface area (Å²) >= 11 is 0. The zero-order chi connectivity index (χ0) is 16.0. The van der Waals surface area contributed by atoms with Gasteiger partial charge in [0, 0.05) is 11.6 Å². The number of nitrogens with one attached hydrogen (secondary N) is 1. The molecule has 1 aliphatic rings. The summed E-state index contributed by atoms with van der Waals surface area (Å²) in [4.78, 5) is 8.78. The Morgan fingerprint density at radius 3 is 2.25 bits per heavy atom. The van der Waals surface area contributed by atoms with E-state index in [-0.39, 0.29) is 5.01 Å². The molecule has 0 aromatic carbocycles. The van der Waals surface area contributed by atoms with Crippen LogP contribution in [0.15, 0.2) is 34.4 Å². The van der Waals surface area contributed by atoms with Crippen molar-refractivity contribution in [3.63, 3.8) is 0 Å². The molecule has 20 heavy (non-hydrogen) atoms. The molecule has 0 aromatic heterocycles. The number of hydrogen-bond acceptors (Lipinski definition) is 4. The molecule has 0 saturated heterocycles. The molecule has 10 heteroatoms. The monoisotopic (exact) mass is 301 g/mol. The standard InChI is InChI=1S/C8H11F2N3.C2HF3O2/c1-3-4-5-7-6-11-12-13(7)8(2,9)10;3-2(4,5)1(6)7/h3-4,6H,5H2,1-2H3;(H,6,7)/b4-3+;. The fourth-order valence-electron chi connectivity index (χ4n) is 1.05. The first-order valence-electron chi connectivity index (χ1n) is 5.25. The molecule has 1 unspecified atom stereocenters. The molecule has 0 aromatic rings. The van der Waals surface area contributed by atoms with Gasteiger partial charge in [-0.1, -0.05) is 17.2 Å². The quantitative estimate of drug-likeness (QED) is 0.479. The van der Waals surface area contributed by atoms with Crippen LogP contribution >= 0.6 is 0 Å². The number of aliphatic carboxylic acids is 1. The first-order valence-corrected chi connectivity index (χ1v) is 5.25. The van der Waals surface area contributed by atoms with Gasteiger partial charge in [-0.3, -0.25) is 0 Å². The Bertz CT molecular complexity index is 424. The van der Waals surface area contributed by atoms with Gasteiger partial charge in [-0.25, -0.2) is 0 Å². The van der Waals surface area contributed by atoms with Gasteiger partial charge in [0.15, 0.2) is 5.70 Å². The number of nitrogens with zero attached hydrogens (tertiary/aromatic N) is 2. The molecular weight excluding hydrogens is 289 g/mol. The molecule has 0 aliphatic carbocycles. The van der Waals surface area contributed by atoms with Crippen LogP contribution in [0.3, 0.4) is 0 Å². The summed E-state index contributed by atoms with van der Waals surface area (Å²) in [5, 5.41) is 15.5. The first kappa shape index (κ1) is 18.2. The van der Waals surface area contributed by atoms with Gasteiger partial charge >= 0.3 is 12.2 Å². The molecule has 5 nitrogen and oxygen atoms in total. The van der Waals surface area contributed by atoms with E-state index in [0.29, 0.717) is 12.1 Å². The lowest BCUT2D eigenvalue weighted by molar-refractivity contribution is -0.960. The minimum absolute atomic E-state index is 0.217. The molecule has 0 spiro atoms. The van der Waals surface area contributed by atoms with Crippen LogP contribution in [-0.4, -0.2) is 18.2 Å². The predicted octanol–water partition coefficient (Wildman–Crippen LogP) is 0.971. The van der Waals surface area contributed by atoms with Crippen molar-refractivity contribution in [3.05, 3.63) is 24.0 Å². The van der Waals surface area contributed by atoms with Gasteiger partial charge in [-0.15, -0.1) is 13.9 Å². The Balaban J connectivity index is 0.000000441. The van der Waals surface area contributed by atoms with Gasteiger partial charge in [0.1, 0.15) is 12.2 Å². The van der Waals surface area contributed by atoms with Gasteiger partial charge in [0.2, 0.25) is 0 Å². The highest BCUT2D eigenvalue weighted by atomic mass is 19.4. The van der Waals surface area contributed by atoms with Crippen molar-refractivity contribution in [2.24, 2.45) is 10.3 Å². The Morgan fingerprint density at radius 2 is 1.90 bits per heavy atom. The SMILES string of the molecule is C/C=C/CC1=CN=N[NH+]1C(C)(F)F.O=C([O-])C(F)(F)F. The van der Waals surface area contributed by atoms with Gasteiger partial charge in [-0.2, -0.15) is 13.2 Å². The third kappa shape index (κ3) is 6.36. The van der Waals surface area contributed by atoms with E-state index in [2.05, 4.69) is 10.3 Å². The molecule has 1 atom stereocenters. The van der Waals surface area contributed by atoms with Gasteiger partial charge in [0.25, 0.3) is 0 Å². The number of allylic oxidation sites excluding steroid dienone is 2. The molecule has 114 valence electrons. The van der Waals surface area contributed by atoms with E-state index in [1.807, 2.05) is 13.0 Å². The van der Waals surface area contributed by atoms with Crippen molar-refractivity contribution in [2.45, 2.75) is 32.5 Å². The minimum atomic E-state index is -5.19. The summed E-state index contributed by atoms with van der Waals surface area (Å²) < 4.78 is 57.2. The maximum atomic E-state index is 12.8. The van der Waals surface area contributed by atoms with Crippen LogP contribution in [0.1, 0.15) is 20.3 Å². The zero-order valence-electron chi connectivity index (χ0n) is 10.5. The molecule has 1 aliphatic heterocycles. The summed E-state index contributed by atoms with van der Waals surface area (Å²) in [7, 11) is 0. The fourth-order valence-corrected chi connectivity index (χ4v) is 1.05. The molecule has 0 saturated carbocycles. The fraction of sp³-hybridized carbons (Fsp3) is 0.500. The Labute approximate surface area is 111 Å². The zero-order valence-corrected chi connectivity index (χ0v) is 10.5. The Kier molecular flexibility index (Phi) is 6.43. The van der Waals surface area contributed by atoms with Crippen LogP contribution in [-0.2, 0) is 4.79 Å². The summed E-state index contributed by atoms with van der Waals surface area (Å²) in [6.07, 6.45) is 0.257. The highest BCUT2D eigenvalue weighted by Crippen LogP contribution is 2.11. The van der Waals surface area contributed by atoms with E-state index >= 15 is 0 Å². The Hall–Kier alpha value is -1.84. The Morgan fingerprint density at radius 1 is 1.40 bits per heavy atom. The van der Waals surface area contributed by atoms with E-state index in [1.54, 1.807) is 6.08 Å². The lowest BCUT2D eigenvalue weighted by Crippen LogP contribution is -3.11. The number of halogens is 5. The maximum absolute atomic E-state index is 12.8. The summed E-state index contributed by atoms with van der Waals surface area (Å²) in [6.45, 7) is 2.67. The molecule has 1 rings (SSSR count). The van der Waals surface area contributed by atoms with Crippen LogP contribution < -0.4 is 10.1 Å². The van der Waals surface area contributed by atoms with E-state index in [1.165, 1.54) is 6.20 Å². The molecule has 1 heterocycles. The third-order valence-corrected chi connectivity index (χ3v) is 1.90. The highest BCUT2D eigenvalue weighted by Gasteiger charge is 2.41. The average Bonchev–Trinajstić information content (AvgIpc) is 2.73. The predicted molar refractivity (Wildman–Crippen MR) is 55.0 cm³/mol. The number of carboxylic acids is 1. The molecule has 0 radical (unpaired) electrons. The van der Waals surface area contributed by atoms with Crippen molar-refractivity contribution in [1.82, 2.24) is 0 Å². The first-order chi connectivity index (χ1) is 9.00. The second kappa shape index (κ2) is 7.08. The van der Waals surface area contributed by atoms with Gasteiger partial charge in [-0.05, 0) is 6.92 Å².